The summed E-state index contributed by atoms with van der Waals surface area (Å²) < 4.78 is 22.7. The third kappa shape index (κ3) is 5.94. The van der Waals surface area contributed by atoms with Gasteiger partial charge in [-0.15, -0.1) is 0 Å². The summed E-state index contributed by atoms with van der Waals surface area (Å²) in [5.74, 6) is -0.653. The summed E-state index contributed by atoms with van der Waals surface area (Å²) >= 11 is 5.20. The number of ketones is 1. The Morgan fingerprint density at radius 2 is 1.44 bits per heavy atom. The Morgan fingerprint density at radius 3 is 1.97 bits per heavy atom. The van der Waals surface area contributed by atoms with E-state index in [1.165, 1.54) is 30.5 Å². The highest BCUT2D eigenvalue weighted by Crippen LogP contribution is 2.19. The molecule has 0 aliphatic heterocycles. The number of benzene rings is 3. The number of sulfonamides is 1. The van der Waals surface area contributed by atoms with Crippen molar-refractivity contribution < 1.29 is 18.3 Å². The minimum Gasteiger partial charge on any atom is -0.506 e. The molecule has 0 atom stereocenters. The fraction of sp³-hybridized carbons (Fsp3) is 0. The second-order valence-electron chi connectivity index (χ2n) is 6.58. The number of Topliss-reactive ketones (excluding diaryl/α,β-unsaturated/α-hetero) is 1. The maximum atomic E-state index is 13.0. The van der Waals surface area contributed by atoms with E-state index in [4.69, 9.17) is 17.4 Å². The van der Waals surface area contributed by atoms with Crippen LogP contribution in [0.25, 0.3) is 5.76 Å². The Kier molecular flexibility index (Phi) is 7.26. The Bertz CT molecular complexity index is 1290. The van der Waals surface area contributed by atoms with Gasteiger partial charge in [-0.2, -0.15) is 0 Å². The van der Waals surface area contributed by atoms with Gasteiger partial charge in [0.2, 0.25) is 10.0 Å². The highest BCUT2D eigenvalue weighted by atomic mass is 32.2. The van der Waals surface area contributed by atoms with E-state index in [1.54, 1.807) is 60.7 Å². The number of hydrogen-bond acceptors (Lipinski definition) is 5. The average Bonchev–Trinajstić information content (AvgIpc) is 2.80. The monoisotopic (exact) mass is 465 g/mol. The summed E-state index contributed by atoms with van der Waals surface area (Å²) in [6, 6.07) is 22.7. The first-order valence-corrected chi connectivity index (χ1v) is 11.3. The fourth-order valence-electron chi connectivity index (χ4n) is 2.73. The van der Waals surface area contributed by atoms with Gasteiger partial charge in [-0.05, 0) is 36.5 Å². The molecule has 0 spiro atoms. The number of allylic oxidation sites excluding steroid dienone is 1. The minimum atomic E-state index is -3.80. The van der Waals surface area contributed by atoms with E-state index < -0.39 is 15.8 Å². The molecular weight excluding hydrogens is 446 g/mol. The molecule has 3 aromatic rings. The van der Waals surface area contributed by atoms with Gasteiger partial charge in [-0.25, -0.2) is 18.5 Å². The molecule has 3 rings (SSSR count). The van der Waals surface area contributed by atoms with Crippen LogP contribution in [0.5, 0.6) is 0 Å². The van der Waals surface area contributed by atoms with Crippen LogP contribution in [0.2, 0.25) is 0 Å². The molecule has 162 valence electrons. The average molecular weight is 466 g/mol. The third-order valence-corrected chi connectivity index (χ3v) is 5.46. The molecule has 0 amide bonds. The lowest BCUT2D eigenvalue weighted by Crippen LogP contribution is -2.13. The zero-order chi connectivity index (χ0) is 23.1. The van der Waals surface area contributed by atoms with Crippen molar-refractivity contribution in [3.05, 3.63) is 102 Å². The van der Waals surface area contributed by atoms with E-state index in [-0.39, 0.29) is 21.3 Å². The molecule has 9 heteroatoms. The lowest BCUT2D eigenvalue weighted by atomic mass is 10.0. The Hall–Kier alpha value is -3.66. The van der Waals surface area contributed by atoms with Crippen LogP contribution in [0.15, 0.2) is 100 Å². The number of carbonyl (C=O) groups excluding carboxylic acids is 1. The fourth-order valence-corrected chi connectivity index (χ4v) is 3.42. The number of nitrogens with zero attached hydrogens (tertiary/aromatic N) is 1. The molecule has 0 aliphatic rings. The molecule has 4 N–H and O–H groups in total. The van der Waals surface area contributed by atoms with Crippen LogP contribution in [0.4, 0.5) is 5.69 Å². The van der Waals surface area contributed by atoms with E-state index in [0.29, 0.717) is 16.8 Å². The van der Waals surface area contributed by atoms with Gasteiger partial charge in [-0.3, -0.25) is 4.79 Å². The van der Waals surface area contributed by atoms with Gasteiger partial charge in [0.15, 0.2) is 10.9 Å². The summed E-state index contributed by atoms with van der Waals surface area (Å²) in [6.07, 6.45) is 1.20. The molecule has 0 saturated carbocycles. The van der Waals surface area contributed by atoms with Gasteiger partial charge in [0.05, 0.1) is 10.5 Å². The predicted molar refractivity (Wildman–Crippen MR) is 129 cm³/mol. The predicted octanol–water partition coefficient (Wildman–Crippen LogP) is 3.95. The van der Waals surface area contributed by atoms with Gasteiger partial charge in [-0.1, -0.05) is 60.7 Å². The molecule has 7 nitrogen and oxygen atoms in total. The first kappa shape index (κ1) is 23.0. The quantitative estimate of drug-likeness (QED) is 0.167. The molecule has 0 bridgehead atoms. The highest BCUT2D eigenvalue weighted by Gasteiger charge is 2.17. The zero-order valence-corrected chi connectivity index (χ0v) is 18.3. The molecule has 3 aromatic carbocycles. The number of rotatable bonds is 6. The van der Waals surface area contributed by atoms with E-state index >= 15 is 0 Å². The number of aliphatic hydroxyl groups is 1. The molecular formula is C23H19N3O4S2. The number of aliphatic imine (C=N–C) groups is 1. The number of nitrogens with two attached hydrogens (primary N) is 1. The Labute approximate surface area is 191 Å². The Morgan fingerprint density at radius 1 is 0.906 bits per heavy atom. The second kappa shape index (κ2) is 10.1. The standard InChI is InChI=1S/C23H19N3O4S2/c24-32(29,30)19-13-11-18(12-14-19)26-23(31)25-15-20(21(27)16-7-3-1-4-8-16)22(28)17-9-5-2-6-10-17/h1-15,27H,(H,26,31)(H2,24,29,30)/b21-20+,25-15+. The maximum Gasteiger partial charge on any atom is 0.238 e. The number of thiocarbonyl (C=S) groups is 1. The van der Waals surface area contributed by atoms with Crippen molar-refractivity contribution in [2.75, 3.05) is 5.32 Å². The number of anilines is 1. The molecule has 0 unspecified atom stereocenters. The van der Waals surface area contributed by atoms with Crippen LogP contribution in [0, 0.1) is 0 Å². The molecule has 0 fully saturated rings. The van der Waals surface area contributed by atoms with Crippen LogP contribution in [-0.4, -0.2) is 30.6 Å². The van der Waals surface area contributed by atoms with Crippen molar-refractivity contribution in [3.63, 3.8) is 0 Å². The summed E-state index contributed by atoms with van der Waals surface area (Å²) in [5, 5.41) is 18.7. The van der Waals surface area contributed by atoms with Crippen molar-refractivity contribution in [2.24, 2.45) is 10.1 Å². The zero-order valence-electron chi connectivity index (χ0n) is 16.7. The van der Waals surface area contributed by atoms with E-state index in [2.05, 4.69) is 10.3 Å². The van der Waals surface area contributed by atoms with Crippen LogP contribution in [-0.2, 0) is 10.0 Å². The molecule has 0 radical (unpaired) electrons. The number of nitrogens with one attached hydrogen (secondary N) is 1. The topological polar surface area (TPSA) is 122 Å². The molecule has 0 heterocycles. The molecule has 0 aromatic heterocycles. The van der Waals surface area contributed by atoms with Crippen LogP contribution < -0.4 is 10.5 Å². The SMILES string of the molecule is NS(=O)(=O)c1ccc(NC(=S)/N=C/C(C(=O)c2ccccc2)=C(\O)c2ccccc2)cc1. The normalized spacial score (nSPS) is 12.3. The molecule has 0 aliphatic carbocycles. The lowest BCUT2D eigenvalue weighted by Gasteiger charge is -2.08. The first-order chi connectivity index (χ1) is 15.3. The first-order valence-electron chi connectivity index (χ1n) is 9.32. The number of aliphatic hydroxyl groups excluding tert-OH is 1. The van der Waals surface area contributed by atoms with Gasteiger partial charge < -0.3 is 10.4 Å². The van der Waals surface area contributed by atoms with Gasteiger partial charge in [0.25, 0.3) is 0 Å². The highest BCUT2D eigenvalue weighted by molar-refractivity contribution is 7.89. The van der Waals surface area contributed by atoms with Crippen molar-refractivity contribution in [1.82, 2.24) is 0 Å². The van der Waals surface area contributed by atoms with E-state index in [9.17, 15) is 18.3 Å². The van der Waals surface area contributed by atoms with Crippen LogP contribution in [0.3, 0.4) is 0 Å². The van der Waals surface area contributed by atoms with Gasteiger partial charge in [0, 0.05) is 23.0 Å². The molecule has 0 saturated heterocycles. The van der Waals surface area contributed by atoms with Crippen molar-refractivity contribution in [3.8, 4) is 0 Å². The second-order valence-corrected chi connectivity index (χ2v) is 8.53. The smallest absolute Gasteiger partial charge is 0.238 e. The summed E-state index contributed by atoms with van der Waals surface area (Å²) in [5.41, 5.74) is 1.28. The third-order valence-electron chi connectivity index (χ3n) is 4.33. The summed E-state index contributed by atoms with van der Waals surface area (Å²) in [4.78, 5) is 17.1. The number of hydrogen-bond donors (Lipinski definition) is 3. The van der Waals surface area contributed by atoms with Crippen molar-refractivity contribution >= 4 is 50.8 Å². The Balaban J connectivity index is 1.87. The van der Waals surface area contributed by atoms with Gasteiger partial charge in [0.1, 0.15) is 5.76 Å². The number of carbonyl (C=O) groups is 1. The maximum absolute atomic E-state index is 13.0. The lowest BCUT2D eigenvalue weighted by molar-refractivity contribution is 0.104. The molecule has 32 heavy (non-hydrogen) atoms. The van der Waals surface area contributed by atoms with Crippen LogP contribution >= 0.6 is 12.2 Å². The summed E-state index contributed by atoms with van der Waals surface area (Å²) in [6.45, 7) is 0. The van der Waals surface area contributed by atoms with E-state index in [1.807, 2.05) is 0 Å². The minimum absolute atomic E-state index is 0.00702. The summed E-state index contributed by atoms with van der Waals surface area (Å²) in [7, 11) is -3.80. The van der Waals surface area contributed by atoms with Crippen molar-refractivity contribution in [2.45, 2.75) is 4.90 Å². The van der Waals surface area contributed by atoms with E-state index in [0.717, 1.165) is 0 Å². The van der Waals surface area contributed by atoms with Crippen LogP contribution in [0.1, 0.15) is 15.9 Å². The van der Waals surface area contributed by atoms with Gasteiger partial charge >= 0.3 is 0 Å². The number of primary sulfonamides is 1. The largest absolute Gasteiger partial charge is 0.506 e. The van der Waals surface area contributed by atoms with Crippen molar-refractivity contribution in [1.29, 1.82) is 0 Å².